The second-order valence-electron chi connectivity index (χ2n) is 20.5. The number of phosphoric acid groups is 2. The Bertz CT molecular complexity index is 2030. The molecule has 1 fully saturated rings. The Morgan fingerprint density at radius 1 is 0.605 bits per heavy atom. The van der Waals surface area contributed by atoms with Crippen molar-refractivity contribution in [1.29, 1.82) is 0 Å². The van der Waals surface area contributed by atoms with Crippen LogP contribution in [0.1, 0.15) is 189 Å². The van der Waals surface area contributed by atoms with Crippen LogP contribution in [0.2, 0.25) is 0 Å². The smallest absolute Gasteiger partial charge is 0.480 e. The number of hydrogen-bond acceptors (Lipinski definition) is 18. The number of hydrogen-bond donors (Lipinski definition) is 13. The Morgan fingerprint density at radius 3 is 1.58 bits per heavy atom. The normalized spacial score (nSPS) is 20.9. The molecule has 13 atom stereocenters. The van der Waals surface area contributed by atoms with Crippen molar-refractivity contribution in [3.63, 3.8) is 0 Å². The van der Waals surface area contributed by atoms with Crippen LogP contribution in [0.3, 0.4) is 0 Å². The topological polar surface area (TPSA) is 436 Å². The third kappa shape index (κ3) is 32.5. The number of unbranched alkanes of at least 4 members (excludes halogenated alkanes) is 18. The lowest BCUT2D eigenvalue weighted by Gasteiger charge is -2.44. The summed E-state index contributed by atoms with van der Waals surface area (Å²) >= 11 is 0. The first-order valence-electron chi connectivity index (χ1n) is 28.4. The maximum atomic E-state index is 13.4. The highest BCUT2D eigenvalue weighted by atomic mass is 31.3. The first-order chi connectivity index (χ1) is 38.2. The number of aliphatic hydroxyl groups excluding tert-OH is 2. The van der Waals surface area contributed by atoms with E-state index < -0.39 is 149 Å². The monoisotopic (exact) mass is 1200 g/mol. The quantitative estimate of drug-likeness (QED) is 0.0307. The molecule has 2 unspecified atom stereocenters. The molecule has 0 spiro atoms. The molecule has 0 radical (unpaired) electrons. The molecule has 6 amide bonds. The molecule has 1 aliphatic heterocycles. The summed E-state index contributed by atoms with van der Waals surface area (Å²) in [5.41, 5.74) is 5.56. The van der Waals surface area contributed by atoms with Gasteiger partial charge in [-0.25, -0.2) is 13.9 Å². The molecule has 30 heteroatoms. The molecule has 1 heterocycles. The van der Waals surface area contributed by atoms with E-state index in [9.17, 15) is 72.6 Å². The first kappa shape index (κ1) is 74.8. The summed E-state index contributed by atoms with van der Waals surface area (Å²) in [5.74, 6) is -8.26. The van der Waals surface area contributed by atoms with Gasteiger partial charge in [-0.1, -0.05) is 116 Å². The molecular weight excluding hydrogens is 1110 g/mol. The van der Waals surface area contributed by atoms with E-state index in [0.29, 0.717) is 25.7 Å². The number of carbonyl (C=O) groups is 8. The number of phosphoric ester groups is 2. The molecule has 81 heavy (non-hydrogen) atoms. The lowest BCUT2D eigenvalue weighted by molar-refractivity contribution is -0.261. The SMILES string of the molecule is CCCCCCCCCCCCCCCCCCCCOP(=O)(O)OP(=O)(O)O[C@H]1O[C@H](CO)[C@@H](O)[C@H](O[C@H](C)C(=O)N[C@@H](C)C(=O)N[C@H](CCC(=O)N[C@@H](CCCCN)C(=O)N[C@H](C)C(=O)N[C@H](C)C(=O)O)C(=O)O)[C@H]1NC(C)=O. The summed E-state index contributed by atoms with van der Waals surface area (Å²) in [6.45, 7) is 7.01. The predicted octanol–water partition coefficient (Wildman–Crippen LogP) is 3.20. The van der Waals surface area contributed by atoms with E-state index >= 15 is 0 Å². The van der Waals surface area contributed by atoms with E-state index in [0.717, 1.165) is 39.5 Å². The number of nitrogens with two attached hydrogens (primary N) is 1. The number of amides is 6. The van der Waals surface area contributed by atoms with Gasteiger partial charge < -0.3 is 77.3 Å². The third-order valence-corrected chi connectivity index (χ3v) is 15.9. The number of rotatable bonds is 46. The maximum Gasteiger partial charge on any atom is 0.483 e. The molecular formula is C51H95N7O21P2. The van der Waals surface area contributed by atoms with Crippen LogP contribution >= 0.6 is 15.6 Å². The van der Waals surface area contributed by atoms with Gasteiger partial charge in [0.1, 0.15) is 60.7 Å². The zero-order chi connectivity index (χ0) is 61.1. The van der Waals surface area contributed by atoms with Crippen molar-refractivity contribution < 1.29 is 101 Å². The minimum absolute atomic E-state index is 0.0643. The average molecular weight is 1200 g/mol. The van der Waals surface area contributed by atoms with Crippen molar-refractivity contribution in [3.8, 4) is 0 Å². The Balaban J connectivity index is 2.81. The molecule has 1 saturated heterocycles. The Labute approximate surface area is 475 Å². The highest BCUT2D eigenvalue weighted by Gasteiger charge is 2.51. The van der Waals surface area contributed by atoms with Gasteiger partial charge in [-0.15, -0.1) is 0 Å². The van der Waals surface area contributed by atoms with Crippen LogP contribution in [-0.2, 0) is 70.3 Å². The number of nitrogens with one attached hydrogen (secondary N) is 6. The first-order valence-corrected chi connectivity index (χ1v) is 31.4. The van der Waals surface area contributed by atoms with Crippen LogP contribution in [0, 0.1) is 0 Å². The summed E-state index contributed by atoms with van der Waals surface area (Å²) < 4.78 is 51.6. The van der Waals surface area contributed by atoms with Gasteiger partial charge in [0.15, 0.2) is 6.29 Å². The molecule has 0 bridgehead atoms. The minimum Gasteiger partial charge on any atom is -0.480 e. The molecule has 0 aromatic carbocycles. The highest BCUT2D eigenvalue weighted by Crippen LogP contribution is 2.61. The zero-order valence-corrected chi connectivity index (χ0v) is 49.8. The van der Waals surface area contributed by atoms with Crippen LogP contribution in [0.5, 0.6) is 0 Å². The molecule has 0 aromatic rings. The van der Waals surface area contributed by atoms with Crippen LogP contribution in [0.4, 0.5) is 0 Å². The molecule has 470 valence electrons. The van der Waals surface area contributed by atoms with E-state index in [1.807, 2.05) is 0 Å². The van der Waals surface area contributed by atoms with E-state index in [-0.39, 0.29) is 19.6 Å². The van der Waals surface area contributed by atoms with Crippen molar-refractivity contribution in [3.05, 3.63) is 0 Å². The van der Waals surface area contributed by atoms with Gasteiger partial charge in [-0.2, -0.15) is 4.31 Å². The van der Waals surface area contributed by atoms with Crippen LogP contribution in [0.25, 0.3) is 0 Å². The number of carboxylic acid groups (broad SMARTS) is 2. The van der Waals surface area contributed by atoms with Crippen molar-refractivity contribution in [1.82, 2.24) is 31.9 Å². The van der Waals surface area contributed by atoms with Gasteiger partial charge in [0.25, 0.3) is 0 Å². The standard InChI is InChI=1S/C51H95N7O21P2/c1-7-8-9-10-11-12-13-14-15-16-17-18-19-20-21-22-23-26-31-75-80(71,72)79-81(73,74)78-51-42(56-37(6)60)44(43(62)40(32-59)77-51)76-36(5)47(65)53-34(3)46(64)58-39(50(69)70)28-29-41(61)57-38(27-24-25-30-52)48(66)54-33(2)45(63)55-35(4)49(67)68/h33-36,38-40,42-44,51,59,62H,7-32,52H2,1-6H3,(H,53,65)(H,54,66)(H,55,63)(H,56,60)(H,57,61)(H,58,64)(H,67,68)(H,69,70)(H,71,72)(H,73,74)/t33-,34+,35-,36-,38+,39-,40-,42-,43-,44-,51-/m1/s1. The summed E-state index contributed by atoms with van der Waals surface area (Å²) in [4.78, 5) is 122. The molecule has 1 rings (SSSR count). The molecule has 0 aliphatic carbocycles. The number of ether oxygens (including phenoxy) is 2. The van der Waals surface area contributed by atoms with E-state index in [4.69, 9.17) is 29.4 Å². The van der Waals surface area contributed by atoms with Gasteiger partial charge >= 0.3 is 27.6 Å². The van der Waals surface area contributed by atoms with Crippen LogP contribution < -0.4 is 37.6 Å². The summed E-state index contributed by atoms with van der Waals surface area (Å²) in [5, 5.41) is 54.0. The number of carbonyl (C=O) groups excluding carboxylic acids is 6. The third-order valence-electron chi connectivity index (χ3n) is 13.3. The van der Waals surface area contributed by atoms with Crippen molar-refractivity contribution in [2.45, 2.75) is 256 Å². The molecule has 14 N–H and O–H groups in total. The lowest BCUT2D eigenvalue weighted by atomic mass is 9.96. The second kappa shape index (κ2) is 40.9. The summed E-state index contributed by atoms with van der Waals surface area (Å²) in [7, 11) is -10.9. The second-order valence-corrected chi connectivity index (χ2v) is 23.5. The Morgan fingerprint density at radius 2 is 1.10 bits per heavy atom. The van der Waals surface area contributed by atoms with Gasteiger partial charge in [0.05, 0.1) is 13.2 Å². The minimum atomic E-state index is -5.65. The number of carboxylic acids is 2. The average Bonchev–Trinajstić information content (AvgIpc) is 3.44. The number of aliphatic hydroxyl groups is 2. The fourth-order valence-corrected chi connectivity index (χ4v) is 10.7. The molecule has 28 nitrogen and oxygen atoms in total. The van der Waals surface area contributed by atoms with Crippen LogP contribution in [0.15, 0.2) is 0 Å². The molecule has 1 aliphatic rings. The van der Waals surface area contributed by atoms with E-state index in [2.05, 4.69) is 43.1 Å². The summed E-state index contributed by atoms with van der Waals surface area (Å²) in [6.07, 6.45) is 11.1. The van der Waals surface area contributed by atoms with Crippen molar-refractivity contribution in [2.75, 3.05) is 19.8 Å². The van der Waals surface area contributed by atoms with Gasteiger partial charge in [-0.3, -0.25) is 42.6 Å². The Hall–Kier alpha value is -4.18. The van der Waals surface area contributed by atoms with E-state index in [1.165, 1.54) is 97.8 Å². The van der Waals surface area contributed by atoms with Gasteiger partial charge in [-0.05, 0) is 66.3 Å². The largest absolute Gasteiger partial charge is 0.483 e. The fourth-order valence-electron chi connectivity index (χ4n) is 8.53. The number of aliphatic carboxylic acids is 2. The maximum absolute atomic E-state index is 13.4. The Kier molecular flexibility index (Phi) is 37.8. The lowest BCUT2D eigenvalue weighted by Crippen LogP contribution is -2.66. The van der Waals surface area contributed by atoms with Crippen molar-refractivity contribution in [2.24, 2.45) is 5.73 Å². The van der Waals surface area contributed by atoms with E-state index in [1.54, 1.807) is 0 Å². The molecule has 0 aromatic heterocycles. The van der Waals surface area contributed by atoms with Gasteiger partial charge in [0, 0.05) is 13.3 Å². The predicted molar refractivity (Wildman–Crippen MR) is 294 cm³/mol. The zero-order valence-electron chi connectivity index (χ0n) is 48.0. The van der Waals surface area contributed by atoms with Gasteiger partial charge in [0.2, 0.25) is 35.4 Å². The highest BCUT2D eigenvalue weighted by molar-refractivity contribution is 7.61. The fraction of sp³-hybridized carbons (Fsp3) is 0.843. The van der Waals surface area contributed by atoms with Crippen molar-refractivity contribution >= 4 is 63.0 Å². The summed E-state index contributed by atoms with van der Waals surface area (Å²) in [6, 6.07) is -8.66. The van der Waals surface area contributed by atoms with Crippen LogP contribution in [-0.4, -0.2) is 164 Å². The molecule has 0 saturated carbocycles.